The molecule has 0 aliphatic carbocycles. The van der Waals surface area contributed by atoms with Crippen molar-refractivity contribution in [1.82, 2.24) is 19.1 Å². The molecule has 0 saturated carbocycles. The van der Waals surface area contributed by atoms with E-state index in [1.807, 2.05) is 30.7 Å². The summed E-state index contributed by atoms with van der Waals surface area (Å²) < 4.78 is 4.14. The molecule has 0 aliphatic heterocycles. The molecule has 2 heterocycles. The van der Waals surface area contributed by atoms with Crippen LogP contribution in [0.15, 0.2) is 36.9 Å². The Morgan fingerprint density at radius 2 is 2.05 bits per heavy atom. The number of benzene rings is 1. The number of anilines is 1. The Kier molecular flexibility index (Phi) is 3.87. The molecule has 21 heavy (non-hydrogen) atoms. The number of nitrogens with zero attached hydrogens (tertiary/aromatic N) is 4. The molecule has 0 fully saturated rings. The van der Waals surface area contributed by atoms with Gasteiger partial charge >= 0.3 is 0 Å². The number of hydrogen-bond acceptors (Lipinski definition) is 4. The molecule has 3 aromatic rings. The Balaban J connectivity index is 1.70. The summed E-state index contributed by atoms with van der Waals surface area (Å²) in [4.78, 5) is 8.47. The molecule has 0 unspecified atom stereocenters. The van der Waals surface area contributed by atoms with E-state index >= 15 is 0 Å². The topological polar surface area (TPSA) is 81.9 Å². The average Bonchev–Trinajstić information content (AvgIpc) is 3.10. The van der Waals surface area contributed by atoms with E-state index in [1.165, 1.54) is 0 Å². The number of nitrogen functional groups attached to an aromatic ring is 1. The Morgan fingerprint density at radius 3 is 2.81 bits per heavy atom. The van der Waals surface area contributed by atoms with E-state index in [0.29, 0.717) is 11.5 Å². The molecular formula is C15H19N5O. The van der Waals surface area contributed by atoms with Crippen LogP contribution >= 0.6 is 0 Å². The van der Waals surface area contributed by atoms with Crippen LogP contribution in [-0.2, 0) is 19.7 Å². The molecule has 6 heteroatoms. The number of aryl methyl sites for hydroxylation is 2. The van der Waals surface area contributed by atoms with Crippen LogP contribution in [0.4, 0.5) is 5.69 Å². The fourth-order valence-electron chi connectivity index (χ4n) is 2.55. The summed E-state index contributed by atoms with van der Waals surface area (Å²) in [6.07, 6.45) is 7.65. The first-order chi connectivity index (χ1) is 10.3. The Bertz CT molecular complexity index is 717. The van der Waals surface area contributed by atoms with Gasteiger partial charge < -0.3 is 20.0 Å². The molecular weight excluding hydrogens is 266 g/mol. The lowest BCUT2D eigenvalue weighted by Gasteiger charge is -2.08. The second-order valence-electron chi connectivity index (χ2n) is 5.09. The maximum absolute atomic E-state index is 9.47. The largest absolute Gasteiger partial charge is 0.399 e. The number of imidazole rings is 2. The number of unbranched alkanes of at least 4 members (excludes halogenated alkanes) is 1. The first-order valence-electron chi connectivity index (χ1n) is 7.09. The van der Waals surface area contributed by atoms with Gasteiger partial charge in [0.25, 0.3) is 0 Å². The van der Waals surface area contributed by atoms with Crippen molar-refractivity contribution in [1.29, 1.82) is 0 Å². The summed E-state index contributed by atoms with van der Waals surface area (Å²) in [5.41, 5.74) is 8.34. The van der Waals surface area contributed by atoms with Gasteiger partial charge in [0, 0.05) is 31.2 Å². The highest BCUT2D eigenvalue weighted by atomic mass is 16.3. The van der Waals surface area contributed by atoms with Gasteiger partial charge in [-0.05, 0) is 31.0 Å². The molecule has 0 radical (unpaired) electrons. The van der Waals surface area contributed by atoms with Crippen LogP contribution in [0.2, 0.25) is 0 Å². The third-order valence-corrected chi connectivity index (χ3v) is 3.60. The monoisotopic (exact) mass is 285 g/mol. The third-order valence-electron chi connectivity index (χ3n) is 3.60. The summed E-state index contributed by atoms with van der Waals surface area (Å²) >= 11 is 0. The van der Waals surface area contributed by atoms with E-state index in [1.54, 1.807) is 6.20 Å². The lowest BCUT2D eigenvalue weighted by Crippen LogP contribution is -2.05. The van der Waals surface area contributed by atoms with Gasteiger partial charge in [0.1, 0.15) is 12.4 Å². The van der Waals surface area contributed by atoms with Crippen molar-refractivity contribution in [3.63, 3.8) is 0 Å². The fourth-order valence-corrected chi connectivity index (χ4v) is 2.55. The van der Waals surface area contributed by atoms with Gasteiger partial charge in [-0.3, -0.25) is 0 Å². The van der Waals surface area contributed by atoms with Crippen molar-refractivity contribution in [2.45, 2.75) is 32.5 Å². The van der Waals surface area contributed by atoms with Crippen LogP contribution in [0.25, 0.3) is 11.0 Å². The zero-order valence-corrected chi connectivity index (χ0v) is 11.8. The molecule has 110 valence electrons. The van der Waals surface area contributed by atoms with Crippen molar-refractivity contribution in [2.75, 3.05) is 5.73 Å². The van der Waals surface area contributed by atoms with Crippen LogP contribution in [0.5, 0.6) is 0 Å². The van der Waals surface area contributed by atoms with Gasteiger partial charge in [0.15, 0.2) is 0 Å². The smallest absolute Gasteiger partial charge is 0.135 e. The minimum atomic E-state index is -0.0594. The third kappa shape index (κ3) is 2.90. The zero-order chi connectivity index (χ0) is 14.7. The number of aliphatic hydroxyl groups excluding tert-OH is 1. The minimum Gasteiger partial charge on any atom is -0.399 e. The lowest BCUT2D eigenvalue weighted by atomic mass is 10.2. The minimum absolute atomic E-state index is 0.0594. The van der Waals surface area contributed by atoms with Crippen molar-refractivity contribution < 1.29 is 5.11 Å². The Labute approximate surface area is 122 Å². The van der Waals surface area contributed by atoms with Crippen molar-refractivity contribution >= 4 is 16.7 Å². The van der Waals surface area contributed by atoms with Gasteiger partial charge in [-0.15, -0.1) is 0 Å². The molecule has 0 amide bonds. The highest BCUT2D eigenvalue weighted by Crippen LogP contribution is 2.20. The molecule has 0 atom stereocenters. The number of nitrogens with two attached hydrogens (primary N) is 1. The Hall–Kier alpha value is -2.34. The summed E-state index contributed by atoms with van der Waals surface area (Å²) in [6, 6.07) is 5.68. The molecule has 6 nitrogen and oxygen atoms in total. The average molecular weight is 285 g/mol. The standard InChI is InChI=1S/C15H19N5O/c16-12-3-4-14-13(9-12)18-15(10-21)20(14)7-2-1-6-19-8-5-17-11-19/h3-5,8-9,11,21H,1-2,6-7,10,16H2. The first kappa shape index (κ1) is 13.6. The molecule has 0 aliphatic rings. The van der Waals surface area contributed by atoms with Crippen molar-refractivity contribution in [2.24, 2.45) is 0 Å². The van der Waals surface area contributed by atoms with Crippen LogP contribution in [-0.4, -0.2) is 24.2 Å². The SMILES string of the molecule is Nc1ccc2c(c1)nc(CO)n2CCCCn1ccnc1. The van der Waals surface area contributed by atoms with E-state index in [0.717, 1.165) is 37.0 Å². The first-order valence-corrected chi connectivity index (χ1v) is 7.09. The zero-order valence-electron chi connectivity index (χ0n) is 11.8. The predicted molar refractivity (Wildman–Crippen MR) is 81.5 cm³/mol. The molecule has 3 N–H and O–H groups in total. The number of aliphatic hydroxyl groups is 1. The molecule has 0 saturated heterocycles. The highest BCUT2D eigenvalue weighted by Gasteiger charge is 2.09. The molecule has 0 spiro atoms. The van der Waals surface area contributed by atoms with Gasteiger partial charge in [-0.25, -0.2) is 9.97 Å². The van der Waals surface area contributed by atoms with Gasteiger partial charge in [-0.2, -0.15) is 0 Å². The Morgan fingerprint density at radius 1 is 1.19 bits per heavy atom. The number of hydrogen-bond donors (Lipinski definition) is 2. The normalized spacial score (nSPS) is 11.3. The van der Waals surface area contributed by atoms with Crippen LogP contribution < -0.4 is 5.73 Å². The van der Waals surface area contributed by atoms with E-state index in [-0.39, 0.29) is 6.61 Å². The maximum atomic E-state index is 9.47. The summed E-state index contributed by atoms with van der Waals surface area (Å²) in [7, 11) is 0. The summed E-state index contributed by atoms with van der Waals surface area (Å²) in [6.45, 7) is 1.73. The highest BCUT2D eigenvalue weighted by molar-refractivity contribution is 5.79. The summed E-state index contributed by atoms with van der Waals surface area (Å²) in [5, 5.41) is 9.47. The molecule has 2 aromatic heterocycles. The predicted octanol–water partition coefficient (Wildman–Crippen LogP) is 1.79. The van der Waals surface area contributed by atoms with E-state index in [2.05, 4.69) is 19.1 Å². The second kappa shape index (κ2) is 5.97. The van der Waals surface area contributed by atoms with Crippen molar-refractivity contribution in [3.05, 3.63) is 42.7 Å². The van der Waals surface area contributed by atoms with E-state index in [9.17, 15) is 5.11 Å². The van der Waals surface area contributed by atoms with Gasteiger partial charge in [0.05, 0.1) is 17.4 Å². The van der Waals surface area contributed by atoms with Crippen molar-refractivity contribution in [3.8, 4) is 0 Å². The number of rotatable bonds is 6. The number of fused-ring (bicyclic) bond motifs is 1. The van der Waals surface area contributed by atoms with Gasteiger partial charge in [-0.1, -0.05) is 0 Å². The quantitative estimate of drug-likeness (QED) is 0.534. The second-order valence-corrected chi connectivity index (χ2v) is 5.09. The molecule has 0 bridgehead atoms. The molecule has 1 aromatic carbocycles. The summed E-state index contributed by atoms with van der Waals surface area (Å²) in [5.74, 6) is 0.693. The lowest BCUT2D eigenvalue weighted by molar-refractivity contribution is 0.265. The van der Waals surface area contributed by atoms with E-state index < -0.39 is 0 Å². The van der Waals surface area contributed by atoms with E-state index in [4.69, 9.17) is 5.73 Å². The number of aromatic nitrogens is 4. The fraction of sp³-hybridized carbons (Fsp3) is 0.333. The van der Waals surface area contributed by atoms with Crippen LogP contribution in [0.1, 0.15) is 18.7 Å². The maximum Gasteiger partial charge on any atom is 0.135 e. The molecule has 3 rings (SSSR count). The van der Waals surface area contributed by atoms with Crippen LogP contribution in [0, 0.1) is 0 Å². The van der Waals surface area contributed by atoms with Gasteiger partial charge in [0.2, 0.25) is 0 Å². The van der Waals surface area contributed by atoms with Crippen LogP contribution in [0.3, 0.4) is 0 Å².